The third kappa shape index (κ3) is 3.07. The van der Waals surface area contributed by atoms with Crippen molar-refractivity contribution in [3.63, 3.8) is 0 Å². The number of nitrogens with zero attached hydrogens (tertiary/aromatic N) is 2. The monoisotopic (exact) mass is 88.0 g/mol. The second kappa shape index (κ2) is 2.32. The van der Waals surface area contributed by atoms with Crippen LogP contribution >= 0.6 is 0 Å². The zero-order chi connectivity index (χ0) is 4.99. The van der Waals surface area contributed by atoms with Gasteiger partial charge in [-0.25, -0.2) is 10.1 Å². The van der Waals surface area contributed by atoms with Crippen LogP contribution in [0.4, 0.5) is 0 Å². The fourth-order valence-electron chi connectivity index (χ4n) is 0.0943. The molecular formula is C2H4N2O2. The average molecular weight is 88.1 g/mol. The molecule has 0 aliphatic heterocycles. The summed E-state index contributed by atoms with van der Waals surface area (Å²) in [6.07, 6.45) is 1.12. The van der Waals surface area contributed by atoms with Crippen LogP contribution in [-0.2, 0) is 0 Å². The Morgan fingerprint density at radius 1 is 2.00 bits per heavy atom. The number of hydrogen-bond donors (Lipinski definition) is 0. The molecule has 0 radical (unpaired) electrons. The maximum Gasteiger partial charge on any atom is 0.190 e. The molecule has 0 fully saturated rings. The Hall–Kier alpha value is -0.930. The summed E-state index contributed by atoms with van der Waals surface area (Å²) in [5, 5.41) is 11.2. The Balaban J connectivity index is 3.30. The van der Waals surface area contributed by atoms with Gasteiger partial charge in [0.25, 0.3) is 0 Å². The average Bonchev–Trinajstić information content (AvgIpc) is 1.35. The molecule has 0 aromatic carbocycles. The Morgan fingerprint density at radius 2 is 2.50 bits per heavy atom. The van der Waals surface area contributed by atoms with Crippen LogP contribution in [0.25, 0.3) is 0 Å². The van der Waals surface area contributed by atoms with Crippen molar-refractivity contribution in [2.75, 3.05) is 0 Å². The van der Waals surface area contributed by atoms with Gasteiger partial charge < -0.3 is 0 Å². The highest BCUT2D eigenvalue weighted by Crippen LogP contribution is 1.61. The van der Waals surface area contributed by atoms with Crippen molar-refractivity contribution in [2.45, 2.75) is 6.92 Å². The quantitative estimate of drug-likeness (QED) is 0.262. The molecule has 0 amide bonds. The Kier molecular flexibility index (Phi) is 1.96. The number of rotatable bonds is 1. The van der Waals surface area contributed by atoms with Crippen LogP contribution < -0.4 is 0 Å². The first kappa shape index (κ1) is 5.07. The Labute approximate surface area is 34.6 Å². The lowest BCUT2D eigenvalue weighted by molar-refractivity contribution is -0.484. The van der Waals surface area contributed by atoms with E-state index in [9.17, 15) is 10.1 Å². The summed E-state index contributed by atoms with van der Waals surface area (Å²) in [5.41, 5.74) is 0. The molecule has 4 nitrogen and oxygen atoms in total. The van der Waals surface area contributed by atoms with Gasteiger partial charge >= 0.3 is 0 Å². The third-order valence-corrected chi connectivity index (χ3v) is 0.210. The molecule has 0 N–H and O–H groups in total. The van der Waals surface area contributed by atoms with E-state index in [4.69, 9.17) is 0 Å². The number of hydrazone groups is 1. The van der Waals surface area contributed by atoms with Crippen molar-refractivity contribution >= 4 is 6.21 Å². The van der Waals surface area contributed by atoms with Gasteiger partial charge in [0, 0.05) is 0 Å². The minimum Gasteiger partial charge on any atom is -0.233 e. The molecule has 6 heavy (non-hydrogen) atoms. The van der Waals surface area contributed by atoms with E-state index in [2.05, 4.69) is 5.10 Å². The van der Waals surface area contributed by atoms with Gasteiger partial charge in [-0.2, -0.15) is 0 Å². The third-order valence-electron chi connectivity index (χ3n) is 0.210. The lowest BCUT2D eigenvalue weighted by Crippen LogP contribution is -1.81. The highest BCUT2D eigenvalue weighted by atomic mass is 16.7. The van der Waals surface area contributed by atoms with Crippen LogP contribution in [-0.4, -0.2) is 11.2 Å². The smallest absolute Gasteiger partial charge is 0.190 e. The molecule has 0 rings (SSSR count). The second-order valence-electron chi connectivity index (χ2n) is 0.612. The maximum atomic E-state index is 9.21. The van der Waals surface area contributed by atoms with Crippen molar-refractivity contribution in [1.82, 2.24) is 0 Å². The molecule has 0 aromatic rings. The first-order chi connectivity index (χ1) is 2.77. The summed E-state index contributed by atoms with van der Waals surface area (Å²) < 4.78 is 0. The molecule has 0 aromatic heterocycles. The van der Waals surface area contributed by atoms with Gasteiger partial charge in [-0.3, -0.25) is 0 Å². The summed E-state index contributed by atoms with van der Waals surface area (Å²) in [6, 6.07) is 0. The first-order valence-corrected chi connectivity index (χ1v) is 1.40. The standard InChI is InChI=1S/C2H4N2O2/c1-2-3-4(5)6/h2H,1H3/b3-2-. The highest BCUT2D eigenvalue weighted by molar-refractivity contribution is 5.51. The molecule has 4 heteroatoms. The van der Waals surface area contributed by atoms with Gasteiger partial charge in [0.05, 0.1) is 11.3 Å². The van der Waals surface area contributed by atoms with E-state index in [0.29, 0.717) is 0 Å². The van der Waals surface area contributed by atoms with Crippen LogP contribution in [0.1, 0.15) is 6.92 Å². The first-order valence-electron chi connectivity index (χ1n) is 1.40. The summed E-state index contributed by atoms with van der Waals surface area (Å²) in [7, 11) is 0. The van der Waals surface area contributed by atoms with Gasteiger partial charge in [0.15, 0.2) is 5.03 Å². The van der Waals surface area contributed by atoms with Crippen LogP contribution in [0.3, 0.4) is 0 Å². The fourth-order valence-corrected chi connectivity index (χ4v) is 0.0943. The summed E-state index contributed by atoms with van der Waals surface area (Å²) in [4.78, 5) is 9.21. The van der Waals surface area contributed by atoms with Crippen LogP contribution in [0.5, 0.6) is 0 Å². The zero-order valence-electron chi connectivity index (χ0n) is 3.29. The second-order valence-corrected chi connectivity index (χ2v) is 0.612. The molecule has 0 aliphatic carbocycles. The van der Waals surface area contributed by atoms with Crippen LogP contribution in [0.2, 0.25) is 0 Å². The molecule has 34 valence electrons. The highest BCUT2D eigenvalue weighted by Gasteiger charge is 1.75. The maximum absolute atomic E-state index is 9.21. The van der Waals surface area contributed by atoms with Crippen LogP contribution in [0, 0.1) is 10.1 Å². The predicted octanol–water partition coefficient (Wildman–Crippen LogP) is 0.269. The minimum absolute atomic E-state index is 0.750. The lowest BCUT2D eigenvalue weighted by Gasteiger charge is -1.66. The summed E-state index contributed by atoms with van der Waals surface area (Å²) in [6.45, 7) is 1.49. The largest absolute Gasteiger partial charge is 0.233 e. The van der Waals surface area contributed by atoms with Gasteiger partial charge in [0.1, 0.15) is 0 Å². The molecule has 0 aliphatic rings. The fraction of sp³-hybridized carbons (Fsp3) is 0.500. The SMILES string of the molecule is C/C=N\[N+](=O)[O-]. The van der Waals surface area contributed by atoms with Crippen molar-refractivity contribution in [3.8, 4) is 0 Å². The van der Waals surface area contributed by atoms with Crippen molar-refractivity contribution in [3.05, 3.63) is 10.1 Å². The molecule has 0 heterocycles. The van der Waals surface area contributed by atoms with Crippen LogP contribution in [0.15, 0.2) is 5.10 Å². The molecule has 0 atom stereocenters. The number of hydrogen-bond acceptors (Lipinski definition) is 2. The minimum atomic E-state index is -0.750. The lowest BCUT2D eigenvalue weighted by atomic mass is 10.9. The van der Waals surface area contributed by atoms with Crippen molar-refractivity contribution in [2.24, 2.45) is 5.10 Å². The van der Waals surface area contributed by atoms with Gasteiger partial charge in [0.2, 0.25) is 0 Å². The van der Waals surface area contributed by atoms with E-state index in [1.54, 1.807) is 0 Å². The van der Waals surface area contributed by atoms with Gasteiger partial charge in [-0.1, -0.05) is 0 Å². The molecular weight excluding hydrogens is 84.0 g/mol. The van der Waals surface area contributed by atoms with E-state index < -0.39 is 5.03 Å². The topological polar surface area (TPSA) is 55.5 Å². The predicted molar refractivity (Wildman–Crippen MR) is 21.2 cm³/mol. The molecule has 0 unspecified atom stereocenters. The Morgan fingerprint density at radius 3 is 2.50 bits per heavy atom. The Bertz CT molecular complexity index is 77.6. The molecule has 0 saturated carbocycles. The van der Waals surface area contributed by atoms with Gasteiger partial charge in [-0.15, -0.1) is 0 Å². The summed E-state index contributed by atoms with van der Waals surface area (Å²) >= 11 is 0. The van der Waals surface area contributed by atoms with Crippen molar-refractivity contribution < 1.29 is 5.03 Å². The molecule has 0 bridgehead atoms. The van der Waals surface area contributed by atoms with E-state index in [1.165, 1.54) is 6.92 Å². The molecule has 0 saturated heterocycles. The van der Waals surface area contributed by atoms with Crippen molar-refractivity contribution in [1.29, 1.82) is 0 Å². The van der Waals surface area contributed by atoms with E-state index in [-0.39, 0.29) is 0 Å². The molecule has 0 spiro atoms. The van der Waals surface area contributed by atoms with Gasteiger partial charge in [-0.05, 0) is 6.92 Å². The van der Waals surface area contributed by atoms with E-state index in [0.717, 1.165) is 6.21 Å². The normalized spacial score (nSPS) is 9.50. The number of nitro groups is 1. The summed E-state index contributed by atoms with van der Waals surface area (Å²) in [5.74, 6) is 0. The van der Waals surface area contributed by atoms with E-state index in [1.807, 2.05) is 0 Å². The zero-order valence-corrected chi connectivity index (χ0v) is 3.29. The van der Waals surface area contributed by atoms with E-state index >= 15 is 0 Å².